The molecular formula is C27H31N3O5. The van der Waals surface area contributed by atoms with Gasteiger partial charge in [0.25, 0.3) is 5.91 Å². The van der Waals surface area contributed by atoms with Gasteiger partial charge in [-0.25, -0.2) is 4.79 Å². The highest BCUT2D eigenvalue weighted by atomic mass is 16.5. The predicted molar refractivity (Wildman–Crippen MR) is 129 cm³/mol. The van der Waals surface area contributed by atoms with Crippen LogP contribution in [0.2, 0.25) is 0 Å². The molecule has 3 aliphatic heterocycles. The summed E-state index contributed by atoms with van der Waals surface area (Å²) in [4.78, 5) is 32.3. The Bertz CT molecular complexity index is 1190. The predicted octanol–water partition coefficient (Wildman–Crippen LogP) is 4.07. The molecule has 0 N–H and O–H groups in total. The van der Waals surface area contributed by atoms with Gasteiger partial charge in [0.2, 0.25) is 0 Å². The van der Waals surface area contributed by atoms with E-state index in [0.717, 1.165) is 16.8 Å². The number of allylic oxidation sites excluding steroid dienone is 2. The van der Waals surface area contributed by atoms with Crippen molar-refractivity contribution in [1.82, 2.24) is 14.7 Å². The number of amides is 3. The Kier molecular flexibility index (Phi) is 5.85. The van der Waals surface area contributed by atoms with E-state index >= 15 is 0 Å². The van der Waals surface area contributed by atoms with Gasteiger partial charge in [-0.1, -0.05) is 18.7 Å². The molecule has 1 atom stereocenters. The van der Waals surface area contributed by atoms with Crippen LogP contribution in [0.3, 0.4) is 0 Å². The fourth-order valence-electron chi connectivity index (χ4n) is 5.88. The first kappa shape index (κ1) is 23.1. The molecule has 8 nitrogen and oxygen atoms in total. The molecule has 35 heavy (non-hydrogen) atoms. The molecule has 1 aliphatic carbocycles. The molecule has 1 aromatic rings. The van der Waals surface area contributed by atoms with Gasteiger partial charge in [-0.2, -0.15) is 0 Å². The van der Waals surface area contributed by atoms with Gasteiger partial charge in [0.1, 0.15) is 5.76 Å². The number of piperidine rings is 1. The molecule has 3 amide bonds. The minimum absolute atomic E-state index is 0.00182. The van der Waals surface area contributed by atoms with Crippen molar-refractivity contribution in [3.8, 4) is 0 Å². The zero-order chi connectivity index (χ0) is 24.7. The summed E-state index contributed by atoms with van der Waals surface area (Å²) in [6, 6.07) is 3.41. The fourth-order valence-corrected chi connectivity index (χ4v) is 5.88. The van der Waals surface area contributed by atoms with Crippen molar-refractivity contribution < 1.29 is 23.5 Å². The second-order valence-corrected chi connectivity index (χ2v) is 9.27. The molecule has 0 saturated carbocycles. The zero-order valence-electron chi connectivity index (χ0n) is 20.7. The number of furan rings is 1. The molecule has 0 aromatic carbocycles. The van der Waals surface area contributed by atoms with Crippen LogP contribution in [-0.4, -0.2) is 72.6 Å². The molecule has 1 aromatic heterocycles. The lowest BCUT2D eigenvalue weighted by Gasteiger charge is -2.44. The summed E-state index contributed by atoms with van der Waals surface area (Å²) >= 11 is 0. The van der Waals surface area contributed by atoms with Crippen molar-refractivity contribution in [3.05, 3.63) is 76.5 Å². The number of hydrogen-bond acceptors (Lipinski definition) is 5. The first-order valence-corrected chi connectivity index (χ1v) is 12.1. The van der Waals surface area contributed by atoms with E-state index in [-0.39, 0.29) is 17.9 Å². The maximum atomic E-state index is 13.7. The maximum Gasteiger partial charge on any atom is 0.325 e. The zero-order valence-corrected chi connectivity index (χ0v) is 20.7. The Balaban J connectivity index is 1.51. The van der Waals surface area contributed by atoms with Crippen LogP contribution in [0.1, 0.15) is 37.2 Å². The van der Waals surface area contributed by atoms with E-state index in [1.165, 1.54) is 6.26 Å². The standard InChI is InChI=1S/C27H31N3O5/c1-5-30-26(32)29-17-19-16-20(33-3)8-9-21(34-4)24(19)18(2)15-23(29)27(30)10-12-28(13-11-27)25(31)22-7-6-14-35-22/h6-8,14-16,18H,5,10-13,17H2,1-4H3. The first-order valence-electron chi connectivity index (χ1n) is 12.1. The van der Waals surface area contributed by atoms with Gasteiger partial charge in [0.15, 0.2) is 11.5 Å². The lowest BCUT2D eigenvalue weighted by atomic mass is 9.82. The van der Waals surface area contributed by atoms with Crippen molar-refractivity contribution in [2.45, 2.75) is 32.2 Å². The van der Waals surface area contributed by atoms with Crippen LogP contribution >= 0.6 is 0 Å². The lowest BCUT2D eigenvalue weighted by Crippen LogP contribution is -2.54. The third kappa shape index (κ3) is 3.60. The summed E-state index contributed by atoms with van der Waals surface area (Å²) in [7, 11) is 3.26. The van der Waals surface area contributed by atoms with Crippen LogP contribution in [0, 0.1) is 5.92 Å². The number of carbonyl (C=O) groups excluding carboxylic acids is 2. The van der Waals surface area contributed by atoms with E-state index in [4.69, 9.17) is 13.9 Å². The SMILES string of the molecule is CCN1C(=O)N2CC3=C(C(OC)=C=CC(OC)=C3)C(C)C=C2C12CCN(C(=O)c1ccco1)CC2. The number of methoxy groups -OCH3 is 2. The summed E-state index contributed by atoms with van der Waals surface area (Å²) < 4.78 is 16.5. The number of urea groups is 1. The third-order valence-electron chi connectivity index (χ3n) is 7.56. The number of hydrogen-bond donors (Lipinski definition) is 0. The molecule has 4 aliphatic rings. The van der Waals surface area contributed by atoms with Gasteiger partial charge in [0.05, 0.1) is 32.6 Å². The van der Waals surface area contributed by atoms with E-state index in [1.54, 1.807) is 32.4 Å². The summed E-state index contributed by atoms with van der Waals surface area (Å²) in [6.45, 7) is 6.27. The summed E-state index contributed by atoms with van der Waals surface area (Å²) in [6.07, 6.45) is 8.80. The maximum absolute atomic E-state index is 13.7. The molecular weight excluding hydrogens is 446 g/mol. The number of fused-ring (bicyclic) bond motifs is 2. The van der Waals surface area contributed by atoms with Gasteiger partial charge in [0, 0.05) is 42.9 Å². The minimum atomic E-state index is -0.453. The highest BCUT2D eigenvalue weighted by Crippen LogP contribution is 2.47. The van der Waals surface area contributed by atoms with Crippen molar-refractivity contribution in [2.75, 3.05) is 40.4 Å². The molecule has 184 valence electrons. The Hall–Kier alpha value is -3.64. The van der Waals surface area contributed by atoms with E-state index in [2.05, 4.69) is 18.7 Å². The number of carbonyl (C=O) groups is 2. The van der Waals surface area contributed by atoms with Crippen LogP contribution in [0.4, 0.5) is 4.79 Å². The fraction of sp³-hybridized carbons (Fsp3) is 0.444. The number of nitrogens with zero attached hydrogens (tertiary/aromatic N) is 3. The van der Waals surface area contributed by atoms with Crippen LogP contribution in [0.25, 0.3) is 0 Å². The van der Waals surface area contributed by atoms with E-state index in [9.17, 15) is 9.59 Å². The Morgan fingerprint density at radius 3 is 2.66 bits per heavy atom. The molecule has 1 spiro atoms. The third-order valence-corrected chi connectivity index (χ3v) is 7.56. The Morgan fingerprint density at radius 1 is 1.26 bits per heavy atom. The number of ether oxygens (including phenoxy) is 2. The van der Waals surface area contributed by atoms with Gasteiger partial charge in [-0.15, -0.1) is 0 Å². The highest BCUT2D eigenvalue weighted by Gasteiger charge is 2.55. The number of rotatable bonds is 4. The van der Waals surface area contributed by atoms with Crippen LogP contribution in [0.5, 0.6) is 0 Å². The van der Waals surface area contributed by atoms with Crippen LogP contribution < -0.4 is 0 Å². The molecule has 0 bridgehead atoms. The smallest absolute Gasteiger partial charge is 0.325 e. The molecule has 2 saturated heterocycles. The Morgan fingerprint density at radius 2 is 2.03 bits per heavy atom. The van der Waals surface area contributed by atoms with Gasteiger partial charge in [-0.05, 0) is 43.5 Å². The van der Waals surface area contributed by atoms with Crippen LogP contribution in [-0.2, 0) is 9.47 Å². The van der Waals surface area contributed by atoms with Crippen LogP contribution in [0.15, 0.2) is 75.1 Å². The summed E-state index contributed by atoms with van der Waals surface area (Å²) in [5.74, 6) is 1.56. The molecule has 2 fully saturated rings. The van der Waals surface area contributed by atoms with E-state index < -0.39 is 5.54 Å². The Labute approximate surface area is 205 Å². The summed E-state index contributed by atoms with van der Waals surface area (Å²) in [5.41, 5.74) is 5.76. The number of likely N-dealkylation sites (tertiary alicyclic amines) is 1. The second kappa shape index (κ2) is 8.86. The second-order valence-electron chi connectivity index (χ2n) is 9.27. The van der Waals surface area contributed by atoms with Gasteiger partial charge < -0.3 is 23.7 Å². The van der Waals surface area contributed by atoms with E-state index in [1.807, 2.05) is 27.7 Å². The average molecular weight is 478 g/mol. The molecule has 0 radical (unpaired) electrons. The largest absolute Gasteiger partial charge is 0.496 e. The number of likely N-dealkylation sites (N-methyl/N-ethyl adjacent to an activating group) is 1. The molecule has 1 unspecified atom stereocenters. The van der Waals surface area contributed by atoms with Crippen molar-refractivity contribution in [2.24, 2.45) is 5.92 Å². The summed E-state index contributed by atoms with van der Waals surface area (Å²) in [5, 5.41) is 0. The molecule has 4 heterocycles. The lowest BCUT2D eigenvalue weighted by molar-refractivity contribution is 0.0547. The van der Waals surface area contributed by atoms with Crippen molar-refractivity contribution in [1.29, 1.82) is 0 Å². The van der Waals surface area contributed by atoms with Crippen molar-refractivity contribution in [3.63, 3.8) is 0 Å². The van der Waals surface area contributed by atoms with Crippen molar-refractivity contribution >= 4 is 11.9 Å². The highest BCUT2D eigenvalue weighted by molar-refractivity contribution is 5.91. The quantitative estimate of drug-likeness (QED) is 0.611. The van der Waals surface area contributed by atoms with Gasteiger partial charge >= 0.3 is 6.03 Å². The average Bonchev–Trinajstić information content (AvgIpc) is 3.37. The molecule has 5 rings (SSSR count). The monoisotopic (exact) mass is 477 g/mol. The van der Waals surface area contributed by atoms with E-state index in [0.29, 0.717) is 56.3 Å². The molecule has 8 heteroatoms. The minimum Gasteiger partial charge on any atom is -0.496 e. The normalized spacial score (nSPS) is 23.3. The van der Waals surface area contributed by atoms with Gasteiger partial charge in [-0.3, -0.25) is 9.69 Å². The topological polar surface area (TPSA) is 75.5 Å². The first-order chi connectivity index (χ1) is 16.9.